The molecule has 0 amide bonds. The summed E-state index contributed by atoms with van der Waals surface area (Å²) < 4.78 is 8.25. The van der Waals surface area contributed by atoms with Crippen molar-refractivity contribution >= 4 is 0 Å². The maximum absolute atomic E-state index is 8.25. The molecule has 0 spiro atoms. The van der Waals surface area contributed by atoms with Gasteiger partial charge in [-0.15, -0.1) is 0 Å². The van der Waals surface area contributed by atoms with Crippen LogP contribution in [0.1, 0.15) is 0 Å². The molecule has 0 fully saturated rings. The van der Waals surface area contributed by atoms with Crippen LogP contribution in [-0.2, 0) is 23.7 Å². The molecule has 0 aliphatic heterocycles. The Bertz CT molecular complexity index is 6.00. The van der Waals surface area contributed by atoms with E-state index >= 15 is 0 Å². The summed E-state index contributed by atoms with van der Waals surface area (Å²) in [6, 6.07) is 0. The fourth-order valence-electron chi connectivity index (χ4n) is 0. The van der Waals surface area contributed by atoms with Crippen LogP contribution < -0.4 is 0 Å². The second-order valence-corrected chi connectivity index (χ2v) is 0. The normalized spacial score (nSPS) is 1.50. The van der Waals surface area contributed by atoms with Crippen LogP contribution in [0.3, 0.4) is 0 Å². The van der Waals surface area contributed by atoms with Gasteiger partial charge in [0.25, 0.3) is 0 Å². The molecular weight excluding hydrogens is 87.9 g/mol. The standard InChI is InChI=1S/2CH3.O.Ti/h2*1H3;;/q2*-1;;+2. The SMILES string of the molecule is [CH3-].[CH3-].[O]=[Ti+2]. The van der Waals surface area contributed by atoms with Gasteiger partial charge in [-0.25, -0.2) is 0 Å². The van der Waals surface area contributed by atoms with Gasteiger partial charge in [0.05, 0.1) is 0 Å². The molecule has 1 nitrogen and oxygen atoms in total. The van der Waals surface area contributed by atoms with Crippen LogP contribution in [0.2, 0.25) is 0 Å². The second kappa shape index (κ2) is 84.0. The predicted molar refractivity (Wildman–Crippen MR) is 13.5 cm³/mol. The van der Waals surface area contributed by atoms with Crippen LogP contribution >= 0.6 is 0 Å². The first-order valence-electron chi connectivity index (χ1n) is 0.204. The van der Waals surface area contributed by atoms with Gasteiger partial charge >= 0.3 is 23.7 Å². The van der Waals surface area contributed by atoms with E-state index in [2.05, 4.69) is 0 Å². The van der Waals surface area contributed by atoms with E-state index in [1.54, 1.807) is 0 Å². The molecule has 0 bridgehead atoms. The molecule has 0 unspecified atom stereocenters. The first-order chi connectivity index (χ1) is 1.00. The molecular formula is C2H6OTi. The van der Waals surface area contributed by atoms with Crippen molar-refractivity contribution in [3.63, 3.8) is 0 Å². The van der Waals surface area contributed by atoms with E-state index in [9.17, 15) is 0 Å². The quantitative estimate of drug-likeness (QED) is 0.320. The van der Waals surface area contributed by atoms with Gasteiger partial charge in [-0.1, -0.05) is 0 Å². The van der Waals surface area contributed by atoms with E-state index in [1.807, 2.05) is 0 Å². The van der Waals surface area contributed by atoms with Crippen LogP contribution in [0.25, 0.3) is 0 Å². The van der Waals surface area contributed by atoms with Gasteiger partial charge < -0.3 is 14.9 Å². The molecule has 0 radical (unpaired) electrons. The van der Waals surface area contributed by atoms with Gasteiger partial charge in [-0.05, 0) is 0 Å². The van der Waals surface area contributed by atoms with Crippen molar-refractivity contribution in [1.29, 1.82) is 0 Å². The monoisotopic (exact) mass is 94.0 g/mol. The first kappa shape index (κ1) is 24.3. The summed E-state index contributed by atoms with van der Waals surface area (Å²) in [6.07, 6.45) is 0. The van der Waals surface area contributed by atoms with Gasteiger partial charge in [-0.2, -0.15) is 0 Å². The van der Waals surface area contributed by atoms with E-state index in [0.29, 0.717) is 0 Å². The Morgan fingerprint density at radius 2 is 1.00 bits per heavy atom. The van der Waals surface area contributed by atoms with Crippen molar-refractivity contribution in [2.24, 2.45) is 0 Å². The molecule has 0 atom stereocenters. The van der Waals surface area contributed by atoms with Crippen LogP contribution in [0.4, 0.5) is 0 Å². The van der Waals surface area contributed by atoms with Gasteiger partial charge in [0.1, 0.15) is 0 Å². The van der Waals surface area contributed by atoms with E-state index in [0.717, 1.165) is 20.4 Å². The van der Waals surface area contributed by atoms with E-state index in [1.165, 1.54) is 0 Å². The Labute approximate surface area is 39.1 Å². The summed E-state index contributed by atoms with van der Waals surface area (Å²) >= 11 is 0.750. The average Bonchev–Trinajstić information content (AvgIpc) is 1.00. The minimum absolute atomic E-state index is 0. The third-order valence-electron chi connectivity index (χ3n) is 0. The summed E-state index contributed by atoms with van der Waals surface area (Å²) in [7, 11) is 0. The summed E-state index contributed by atoms with van der Waals surface area (Å²) in [4.78, 5) is 0. The first-order valence-corrected chi connectivity index (χ1v) is 0.842. The summed E-state index contributed by atoms with van der Waals surface area (Å²) in [5.74, 6) is 0. The number of hydrogen-bond acceptors (Lipinski definition) is 1. The topological polar surface area (TPSA) is 17.1 Å². The molecule has 0 N–H and O–H groups in total. The van der Waals surface area contributed by atoms with E-state index in [4.69, 9.17) is 3.32 Å². The second-order valence-electron chi connectivity index (χ2n) is 0. The summed E-state index contributed by atoms with van der Waals surface area (Å²) in [5, 5.41) is 0. The zero-order chi connectivity index (χ0) is 2.00. The van der Waals surface area contributed by atoms with Gasteiger partial charge in [0.15, 0.2) is 0 Å². The predicted octanol–water partition coefficient (Wildman–Crippen LogP) is 0.779. The van der Waals surface area contributed by atoms with Crippen molar-refractivity contribution in [2.75, 3.05) is 0 Å². The molecule has 0 aliphatic carbocycles. The number of rotatable bonds is 0. The van der Waals surface area contributed by atoms with Crippen molar-refractivity contribution in [2.45, 2.75) is 0 Å². The maximum atomic E-state index is 8.25. The van der Waals surface area contributed by atoms with Crippen molar-refractivity contribution in [3.05, 3.63) is 14.9 Å². The van der Waals surface area contributed by atoms with Gasteiger partial charge in [-0.3, -0.25) is 0 Å². The van der Waals surface area contributed by atoms with E-state index in [-0.39, 0.29) is 14.9 Å². The third kappa shape index (κ3) is 21.8. The van der Waals surface area contributed by atoms with Gasteiger partial charge in [0.2, 0.25) is 0 Å². The molecule has 0 aromatic carbocycles. The molecule has 2 heteroatoms. The molecule has 0 rings (SSSR count). The molecule has 0 aromatic rings. The molecule has 0 aromatic heterocycles. The zero-order valence-electron chi connectivity index (χ0n) is 2.91. The molecule has 0 saturated carbocycles. The Morgan fingerprint density at radius 1 is 1.00 bits per heavy atom. The molecule has 24 valence electrons. The van der Waals surface area contributed by atoms with Crippen molar-refractivity contribution in [3.8, 4) is 0 Å². The Morgan fingerprint density at radius 3 is 1.00 bits per heavy atom. The zero-order valence-corrected chi connectivity index (χ0v) is 4.47. The average molecular weight is 93.9 g/mol. The molecule has 0 aliphatic rings. The molecule has 4 heavy (non-hydrogen) atoms. The number of hydrogen-bond donors (Lipinski definition) is 0. The third-order valence-corrected chi connectivity index (χ3v) is 0. The molecule has 0 saturated heterocycles. The Kier molecular flexibility index (Phi) is 511. The summed E-state index contributed by atoms with van der Waals surface area (Å²) in [6.45, 7) is 0. The Hall–Kier alpha value is 0.514. The van der Waals surface area contributed by atoms with Gasteiger partial charge in [0, 0.05) is 0 Å². The van der Waals surface area contributed by atoms with Crippen molar-refractivity contribution in [1.82, 2.24) is 0 Å². The van der Waals surface area contributed by atoms with Crippen LogP contribution in [-0.4, -0.2) is 0 Å². The minimum atomic E-state index is 0. The van der Waals surface area contributed by atoms with Crippen LogP contribution in [0.15, 0.2) is 0 Å². The van der Waals surface area contributed by atoms with Crippen LogP contribution in [0, 0.1) is 14.9 Å². The Balaban J connectivity index is -0.00000000500. The molecule has 0 heterocycles. The van der Waals surface area contributed by atoms with Crippen LogP contribution in [0.5, 0.6) is 0 Å². The fourth-order valence-corrected chi connectivity index (χ4v) is 0. The fraction of sp³-hybridized carbons (Fsp3) is 0. The summed E-state index contributed by atoms with van der Waals surface area (Å²) in [5.41, 5.74) is 0. The van der Waals surface area contributed by atoms with E-state index < -0.39 is 0 Å². The van der Waals surface area contributed by atoms with Crippen molar-refractivity contribution < 1.29 is 23.7 Å².